The zero-order chi connectivity index (χ0) is 20.8. The Morgan fingerprint density at radius 2 is 1.87 bits per heavy atom. The fraction of sp³-hybridized carbons (Fsp3) is 0.500. The van der Waals surface area contributed by atoms with Crippen LogP contribution in [0.25, 0.3) is 15.7 Å². The van der Waals surface area contributed by atoms with E-state index in [9.17, 15) is 9.59 Å². The number of amides is 2. The molecule has 5 nitrogen and oxygen atoms in total. The third-order valence-electron chi connectivity index (χ3n) is 7.00. The van der Waals surface area contributed by atoms with E-state index in [-0.39, 0.29) is 24.1 Å². The second-order valence-corrected chi connectivity index (χ2v) is 9.93. The molecule has 2 atom stereocenters. The number of benzene rings is 1. The van der Waals surface area contributed by atoms with Gasteiger partial charge in [-0.3, -0.25) is 0 Å². The zero-order valence-electron chi connectivity index (χ0n) is 17.6. The Bertz CT molecular complexity index is 985. The van der Waals surface area contributed by atoms with Gasteiger partial charge in [-0.1, -0.05) is 25.1 Å². The molecular formula is C24H28N2O3S. The van der Waals surface area contributed by atoms with Crippen molar-refractivity contribution in [1.29, 1.82) is 0 Å². The number of hydrogen-bond acceptors (Lipinski definition) is 4. The maximum atomic E-state index is 13.4. The molecule has 30 heavy (non-hydrogen) atoms. The van der Waals surface area contributed by atoms with Crippen LogP contribution in [-0.2, 0) is 9.53 Å². The average molecular weight is 425 g/mol. The van der Waals surface area contributed by atoms with Crippen molar-refractivity contribution >= 4 is 39.0 Å². The van der Waals surface area contributed by atoms with Crippen LogP contribution in [0, 0.1) is 5.92 Å². The molecular weight excluding hydrogens is 396 g/mol. The second-order valence-electron chi connectivity index (χ2n) is 8.84. The van der Waals surface area contributed by atoms with E-state index < -0.39 is 0 Å². The molecule has 2 amide bonds. The number of hydrogen-bond donors (Lipinski definition) is 0. The van der Waals surface area contributed by atoms with Gasteiger partial charge in [-0.2, -0.15) is 0 Å². The molecule has 2 bridgehead atoms. The lowest BCUT2D eigenvalue weighted by Crippen LogP contribution is -2.53. The monoisotopic (exact) mass is 424 g/mol. The minimum absolute atomic E-state index is 0.103. The molecule has 0 spiro atoms. The summed E-state index contributed by atoms with van der Waals surface area (Å²) in [6.07, 6.45) is 4.61. The Morgan fingerprint density at radius 1 is 1.10 bits per heavy atom. The van der Waals surface area contributed by atoms with E-state index in [0.717, 1.165) is 55.6 Å². The Hall–Kier alpha value is -2.34. The lowest BCUT2D eigenvalue weighted by Gasteiger charge is -2.41. The summed E-state index contributed by atoms with van der Waals surface area (Å²) in [6.45, 7) is 3.88. The van der Waals surface area contributed by atoms with Crippen molar-refractivity contribution in [2.75, 3.05) is 20.2 Å². The standard InChI is InChI=1S/C24H28N2O3S/c1-15-9-11-25(12-10-15)24(28)26-17-7-8-19(26)22(23(27)29-2)18(14-17)21-13-16-5-3-4-6-20(16)30-21/h3-6,13,15,17,19H,7-12,14H2,1-2H3/t17-,19+/m0/s1. The van der Waals surface area contributed by atoms with Gasteiger partial charge in [-0.05, 0) is 61.1 Å². The number of carbonyl (C=O) groups is 2. The molecule has 0 radical (unpaired) electrons. The molecule has 2 saturated heterocycles. The van der Waals surface area contributed by atoms with Gasteiger partial charge in [0.05, 0.1) is 18.7 Å². The minimum Gasteiger partial charge on any atom is -0.466 e. The first kappa shape index (κ1) is 19.6. The minimum atomic E-state index is -0.294. The van der Waals surface area contributed by atoms with Gasteiger partial charge < -0.3 is 14.5 Å². The largest absolute Gasteiger partial charge is 0.466 e. The summed E-state index contributed by atoms with van der Waals surface area (Å²) >= 11 is 1.73. The summed E-state index contributed by atoms with van der Waals surface area (Å²) in [5, 5.41) is 1.20. The van der Waals surface area contributed by atoms with E-state index >= 15 is 0 Å². The molecule has 1 aromatic carbocycles. The summed E-state index contributed by atoms with van der Waals surface area (Å²) in [5.74, 6) is 0.384. The number of thiophene rings is 1. The number of rotatable bonds is 2. The number of nitrogens with zero attached hydrogens (tertiary/aromatic N) is 2. The summed E-state index contributed by atoms with van der Waals surface area (Å²) in [4.78, 5) is 31.5. The fourth-order valence-electron chi connectivity index (χ4n) is 5.30. The fourth-order valence-corrected chi connectivity index (χ4v) is 6.43. The lowest BCUT2D eigenvalue weighted by molar-refractivity contribution is -0.136. The number of fused-ring (bicyclic) bond motifs is 3. The van der Waals surface area contributed by atoms with Crippen LogP contribution in [-0.4, -0.2) is 54.1 Å². The number of likely N-dealkylation sites (tertiary alicyclic amines) is 1. The van der Waals surface area contributed by atoms with Crippen LogP contribution >= 0.6 is 11.3 Å². The van der Waals surface area contributed by atoms with E-state index in [2.05, 4.69) is 25.1 Å². The van der Waals surface area contributed by atoms with E-state index in [0.29, 0.717) is 11.5 Å². The molecule has 0 aliphatic carbocycles. The third-order valence-corrected chi connectivity index (χ3v) is 8.18. The Morgan fingerprint density at radius 3 is 2.60 bits per heavy atom. The zero-order valence-corrected chi connectivity index (χ0v) is 18.4. The highest BCUT2D eigenvalue weighted by atomic mass is 32.1. The molecule has 2 fully saturated rings. The van der Waals surface area contributed by atoms with E-state index in [1.54, 1.807) is 11.3 Å². The van der Waals surface area contributed by atoms with Crippen molar-refractivity contribution in [3.05, 3.63) is 40.8 Å². The van der Waals surface area contributed by atoms with E-state index in [1.807, 2.05) is 21.9 Å². The van der Waals surface area contributed by atoms with Crippen molar-refractivity contribution in [2.24, 2.45) is 5.92 Å². The molecule has 3 aliphatic heterocycles. The van der Waals surface area contributed by atoms with Gasteiger partial charge in [0.15, 0.2) is 0 Å². The van der Waals surface area contributed by atoms with Crippen LogP contribution in [0.1, 0.15) is 43.9 Å². The topological polar surface area (TPSA) is 49.9 Å². The van der Waals surface area contributed by atoms with Crippen LogP contribution in [0.3, 0.4) is 0 Å². The van der Waals surface area contributed by atoms with Crippen molar-refractivity contribution in [2.45, 2.75) is 51.1 Å². The van der Waals surface area contributed by atoms with Gasteiger partial charge in [0.25, 0.3) is 0 Å². The summed E-state index contributed by atoms with van der Waals surface area (Å²) in [7, 11) is 1.44. The Kier molecular flexibility index (Phi) is 5.05. The number of urea groups is 1. The number of piperidine rings is 1. The Labute approximate surface area is 181 Å². The molecule has 1 aromatic heterocycles. The lowest BCUT2D eigenvalue weighted by atomic mass is 9.91. The Balaban J connectivity index is 1.52. The second kappa shape index (κ2) is 7.73. The number of carbonyl (C=O) groups excluding carboxylic acids is 2. The van der Waals surface area contributed by atoms with Gasteiger partial charge in [-0.25, -0.2) is 9.59 Å². The van der Waals surface area contributed by atoms with Crippen LogP contribution < -0.4 is 0 Å². The molecule has 2 aromatic rings. The van der Waals surface area contributed by atoms with Crippen molar-refractivity contribution in [3.8, 4) is 0 Å². The predicted octanol–water partition coefficient (Wildman–Crippen LogP) is 4.92. The molecule has 5 rings (SSSR count). The molecule has 4 heterocycles. The third kappa shape index (κ3) is 3.22. The summed E-state index contributed by atoms with van der Waals surface area (Å²) in [5.41, 5.74) is 1.77. The first-order valence-corrected chi connectivity index (χ1v) is 11.8. The highest BCUT2D eigenvalue weighted by molar-refractivity contribution is 7.20. The van der Waals surface area contributed by atoms with Gasteiger partial charge in [0.1, 0.15) is 0 Å². The molecule has 0 unspecified atom stereocenters. The average Bonchev–Trinajstić information content (AvgIpc) is 3.33. The molecule has 6 heteroatoms. The maximum absolute atomic E-state index is 13.4. The summed E-state index contributed by atoms with van der Waals surface area (Å²) in [6, 6.07) is 10.6. The first-order chi connectivity index (χ1) is 14.6. The van der Waals surface area contributed by atoms with E-state index in [4.69, 9.17) is 4.74 Å². The number of esters is 1. The quantitative estimate of drug-likeness (QED) is 0.643. The van der Waals surface area contributed by atoms with Gasteiger partial charge >= 0.3 is 12.0 Å². The van der Waals surface area contributed by atoms with Gasteiger partial charge in [-0.15, -0.1) is 11.3 Å². The number of methoxy groups -OCH3 is 1. The van der Waals surface area contributed by atoms with Crippen molar-refractivity contribution < 1.29 is 14.3 Å². The molecule has 0 N–H and O–H groups in total. The van der Waals surface area contributed by atoms with Gasteiger partial charge in [0.2, 0.25) is 0 Å². The number of ether oxygens (including phenoxy) is 1. The molecule has 3 aliphatic rings. The molecule has 0 saturated carbocycles. The van der Waals surface area contributed by atoms with Gasteiger partial charge in [0, 0.05) is 28.7 Å². The summed E-state index contributed by atoms with van der Waals surface area (Å²) < 4.78 is 6.43. The SMILES string of the molecule is COC(=O)C1=C(c2cc3ccccc3s2)C[C@@H]2CC[C@H]1N2C(=O)N1CCC(C)CC1. The normalized spacial score (nSPS) is 24.6. The highest BCUT2D eigenvalue weighted by Crippen LogP contribution is 2.46. The maximum Gasteiger partial charge on any atom is 0.336 e. The van der Waals surface area contributed by atoms with Crippen LogP contribution in [0.4, 0.5) is 4.79 Å². The van der Waals surface area contributed by atoms with E-state index in [1.165, 1.54) is 17.2 Å². The molecule has 158 valence electrons. The first-order valence-electron chi connectivity index (χ1n) is 10.9. The van der Waals surface area contributed by atoms with Crippen LogP contribution in [0.5, 0.6) is 0 Å². The highest BCUT2D eigenvalue weighted by Gasteiger charge is 2.48. The van der Waals surface area contributed by atoms with Crippen LogP contribution in [0.15, 0.2) is 35.9 Å². The van der Waals surface area contributed by atoms with Crippen molar-refractivity contribution in [3.63, 3.8) is 0 Å². The smallest absolute Gasteiger partial charge is 0.336 e. The van der Waals surface area contributed by atoms with Crippen molar-refractivity contribution in [1.82, 2.24) is 9.80 Å². The van der Waals surface area contributed by atoms with Crippen LogP contribution in [0.2, 0.25) is 0 Å². The predicted molar refractivity (Wildman–Crippen MR) is 119 cm³/mol.